The Bertz CT molecular complexity index is 1040. The number of rotatable bonds is 10. The molecule has 6 nitrogen and oxygen atoms in total. The molecule has 0 saturated heterocycles. The minimum absolute atomic E-state index is 0.0782. The summed E-state index contributed by atoms with van der Waals surface area (Å²) in [6.45, 7) is 0.602. The molecule has 2 amide bonds. The molecule has 1 unspecified atom stereocenters. The third-order valence-electron chi connectivity index (χ3n) is 4.77. The topological polar surface area (TPSA) is 76.7 Å². The normalized spacial score (nSPS) is 11.3. The molecule has 0 aromatic heterocycles. The molecular formula is C25H25ClN2O4. The molecule has 0 aliphatic carbocycles. The van der Waals surface area contributed by atoms with Gasteiger partial charge in [0.1, 0.15) is 6.61 Å². The number of benzene rings is 3. The smallest absolute Gasteiger partial charge is 0.253 e. The summed E-state index contributed by atoms with van der Waals surface area (Å²) in [5.41, 5.74) is 1.19. The molecule has 0 aliphatic rings. The van der Waals surface area contributed by atoms with Crippen molar-refractivity contribution >= 4 is 23.4 Å². The molecule has 0 heterocycles. The maximum Gasteiger partial charge on any atom is 0.253 e. The van der Waals surface area contributed by atoms with Crippen LogP contribution in [0.4, 0.5) is 0 Å². The van der Waals surface area contributed by atoms with Gasteiger partial charge >= 0.3 is 0 Å². The Labute approximate surface area is 192 Å². The fourth-order valence-electron chi connectivity index (χ4n) is 3.17. The largest absolute Gasteiger partial charge is 0.493 e. The van der Waals surface area contributed by atoms with Crippen molar-refractivity contribution in [3.8, 4) is 11.5 Å². The first kappa shape index (κ1) is 23.2. The van der Waals surface area contributed by atoms with E-state index in [1.165, 1.54) is 0 Å². The van der Waals surface area contributed by atoms with E-state index in [0.717, 1.165) is 5.56 Å². The highest BCUT2D eigenvalue weighted by atomic mass is 35.5. The molecule has 32 heavy (non-hydrogen) atoms. The summed E-state index contributed by atoms with van der Waals surface area (Å²) < 4.78 is 10.9. The van der Waals surface area contributed by atoms with Crippen LogP contribution in [0.2, 0.25) is 5.02 Å². The average molecular weight is 453 g/mol. The van der Waals surface area contributed by atoms with Crippen LogP contribution in [-0.4, -0.2) is 32.1 Å². The molecule has 3 aromatic rings. The number of methoxy groups -OCH3 is 1. The lowest BCUT2D eigenvalue weighted by atomic mass is 10.0. The molecule has 166 valence electrons. The lowest BCUT2D eigenvalue weighted by molar-refractivity contribution is -0.121. The number of carbonyl (C=O) groups is 2. The van der Waals surface area contributed by atoms with E-state index in [2.05, 4.69) is 10.6 Å². The standard InChI is InChI=1S/C25H25ClN2O4/c1-31-22-13-7-8-14-23(22)32-16-15-27-24(29)17-21(18-9-3-2-4-10-18)28-25(30)19-11-5-6-12-20(19)26/h2-14,21H,15-17H2,1H3,(H,27,29)(H,28,30). The van der Waals surface area contributed by atoms with Gasteiger partial charge in [0.15, 0.2) is 11.5 Å². The fourth-order valence-corrected chi connectivity index (χ4v) is 3.39. The van der Waals surface area contributed by atoms with Crippen molar-refractivity contribution in [3.05, 3.63) is 95.0 Å². The summed E-state index contributed by atoms with van der Waals surface area (Å²) in [4.78, 5) is 25.3. The lowest BCUT2D eigenvalue weighted by Crippen LogP contribution is -2.35. The summed E-state index contributed by atoms with van der Waals surface area (Å²) >= 11 is 6.15. The van der Waals surface area contributed by atoms with Crippen LogP contribution in [0.25, 0.3) is 0 Å². The summed E-state index contributed by atoms with van der Waals surface area (Å²) in [5, 5.41) is 6.11. The molecule has 7 heteroatoms. The molecule has 3 aromatic carbocycles. The average Bonchev–Trinajstić information content (AvgIpc) is 2.82. The highest BCUT2D eigenvalue weighted by Gasteiger charge is 2.20. The van der Waals surface area contributed by atoms with E-state index >= 15 is 0 Å². The minimum Gasteiger partial charge on any atom is -0.493 e. The predicted octanol–water partition coefficient (Wildman–Crippen LogP) is 4.41. The van der Waals surface area contributed by atoms with Gasteiger partial charge in [-0.1, -0.05) is 66.2 Å². The zero-order valence-electron chi connectivity index (χ0n) is 17.7. The molecule has 0 spiro atoms. The quantitative estimate of drug-likeness (QED) is 0.447. The third kappa shape index (κ3) is 6.49. The zero-order chi connectivity index (χ0) is 22.8. The van der Waals surface area contributed by atoms with E-state index in [0.29, 0.717) is 28.6 Å². The Kier molecular flexibility index (Phi) is 8.52. The molecule has 2 N–H and O–H groups in total. The van der Waals surface area contributed by atoms with Crippen molar-refractivity contribution in [2.75, 3.05) is 20.3 Å². The highest BCUT2D eigenvalue weighted by molar-refractivity contribution is 6.33. The second-order valence-electron chi connectivity index (χ2n) is 6.97. The molecule has 0 bridgehead atoms. The first-order valence-corrected chi connectivity index (χ1v) is 10.6. The van der Waals surface area contributed by atoms with Crippen molar-refractivity contribution in [3.63, 3.8) is 0 Å². The second-order valence-corrected chi connectivity index (χ2v) is 7.38. The van der Waals surface area contributed by atoms with Crippen LogP contribution >= 0.6 is 11.6 Å². The predicted molar refractivity (Wildman–Crippen MR) is 124 cm³/mol. The van der Waals surface area contributed by atoms with Crippen molar-refractivity contribution in [2.24, 2.45) is 0 Å². The minimum atomic E-state index is -0.505. The lowest BCUT2D eigenvalue weighted by Gasteiger charge is -2.19. The van der Waals surface area contributed by atoms with Crippen LogP contribution in [0.3, 0.4) is 0 Å². The van der Waals surface area contributed by atoms with Crippen molar-refractivity contribution < 1.29 is 19.1 Å². The summed E-state index contributed by atoms with van der Waals surface area (Å²) in [6.07, 6.45) is 0.0782. The van der Waals surface area contributed by atoms with Gasteiger partial charge in [0, 0.05) is 0 Å². The molecule has 0 saturated carbocycles. The van der Waals surface area contributed by atoms with Crippen LogP contribution in [0.1, 0.15) is 28.4 Å². The Balaban J connectivity index is 1.58. The van der Waals surface area contributed by atoms with Gasteiger partial charge < -0.3 is 20.1 Å². The van der Waals surface area contributed by atoms with Gasteiger partial charge in [-0.3, -0.25) is 9.59 Å². The van der Waals surface area contributed by atoms with Gasteiger partial charge in [0.05, 0.1) is 36.7 Å². The Morgan fingerprint density at radius 1 is 0.906 bits per heavy atom. The number of ether oxygens (including phenoxy) is 2. The number of nitrogens with one attached hydrogen (secondary N) is 2. The van der Waals surface area contributed by atoms with Gasteiger partial charge in [0.2, 0.25) is 5.91 Å². The Hall–Kier alpha value is -3.51. The monoisotopic (exact) mass is 452 g/mol. The maximum atomic E-state index is 12.7. The number of amides is 2. The van der Waals surface area contributed by atoms with Gasteiger partial charge in [-0.15, -0.1) is 0 Å². The number of hydrogen-bond acceptors (Lipinski definition) is 4. The van der Waals surface area contributed by atoms with Crippen molar-refractivity contribution in [1.29, 1.82) is 0 Å². The van der Waals surface area contributed by atoms with E-state index in [1.54, 1.807) is 43.5 Å². The third-order valence-corrected chi connectivity index (χ3v) is 5.10. The van der Waals surface area contributed by atoms with Crippen LogP contribution in [0, 0.1) is 0 Å². The summed E-state index contributed by atoms with van der Waals surface area (Å²) in [5.74, 6) is 0.697. The summed E-state index contributed by atoms with van der Waals surface area (Å²) in [7, 11) is 1.57. The van der Waals surface area contributed by atoms with Gasteiger partial charge in [-0.05, 0) is 29.8 Å². The first-order valence-electron chi connectivity index (χ1n) is 10.2. The number of para-hydroxylation sites is 2. The molecule has 1 atom stereocenters. The zero-order valence-corrected chi connectivity index (χ0v) is 18.5. The Morgan fingerprint density at radius 3 is 2.28 bits per heavy atom. The second kappa shape index (κ2) is 11.8. The molecule has 0 aliphatic heterocycles. The van der Waals surface area contributed by atoms with Gasteiger partial charge in [-0.2, -0.15) is 0 Å². The molecule has 0 fully saturated rings. The molecule has 3 rings (SSSR count). The van der Waals surface area contributed by atoms with Crippen LogP contribution in [0.15, 0.2) is 78.9 Å². The SMILES string of the molecule is COc1ccccc1OCCNC(=O)CC(NC(=O)c1ccccc1Cl)c1ccccc1. The number of hydrogen-bond donors (Lipinski definition) is 2. The van der Waals surface area contributed by atoms with Gasteiger partial charge in [-0.25, -0.2) is 0 Å². The van der Waals surface area contributed by atoms with Crippen LogP contribution < -0.4 is 20.1 Å². The highest BCUT2D eigenvalue weighted by Crippen LogP contribution is 2.25. The van der Waals surface area contributed by atoms with Crippen molar-refractivity contribution in [1.82, 2.24) is 10.6 Å². The van der Waals surface area contributed by atoms with E-state index in [4.69, 9.17) is 21.1 Å². The van der Waals surface area contributed by atoms with E-state index < -0.39 is 6.04 Å². The molecule has 0 radical (unpaired) electrons. The van der Waals surface area contributed by atoms with E-state index in [-0.39, 0.29) is 24.8 Å². The first-order chi connectivity index (χ1) is 15.6. The van der Waals surface area contributed by atoms with Crippen LogP contribution in [-0.2, 0) is 4.79 Å². The number of carbonyl (C=O) groups excluding carboxylic acids is 2. The van der Waals surface area contributed by atoms with E-state index in [9.17, 15) is 9.59 Å². The fraction of sp³-hybridized carbons (Fsp3) is 0.200. The van der Waals surface area contributed by atoms with Crippen molar-refractivity contribution in [2.45, 2.75) is 12.5 Å². The van der Waals surface area contributed by atoms with Gasteiger partial charge in [0.25, 0.3) is 5.91 Å². The Morgan fingerprint density at radius 2 is 1.56 bits per heavy atom. The maximum absolute atomic E-state index is 12.7. The summed E-state index contributed by atoms with van der Waals surface area (Å²) in [6, 6.07) is 23.0. The van der Waals surface area contributed by atoms with Crippen LogP contribution in [0.5, 0.6) is 11.5 Å². The number of halogens is 1. The van der Waals surface area contributed by atoms with E-state index in [1.807, 2.05) is 42.5 Å². The molecular weight excluding hydrogens is 428 g/mol.